The van der Waals surface area contributed by atoms with E-state index in [1.54, 1.807) is 12.5 Å². The molecule has 4 heterocycles. The van der Waals surface area contributed by atoms with Gasteiger partial charge in [-0.05, 0) is 69.0 Å². The van der Waals surface area contributed by atoms with Crippen molar-refractivity contribution in [2.75, 3.05) is 6.54 Å². The van der Waals surface area contributed by atoms with Gasteiger partial charge in [-0.25, -0.2) is 4.98 Å². The Hall–Kier alpha value is -2.83. The highest BCUT2D eigenvalue weighted by molar-refractivity contribution is 6.30. The molecule has 0 radical (unpaired) electrons. The van der Waals surface area contributed by atoms with Crippen molar-refractivity contribution >= 4 is 17.5 Å². The lowest BCUT2D eigenvalue weighted by atomic mass is 9.72. The first-order valence-corrected chi connectivity index (χ1v) is 12.8. The Labute approximate surface area is 210 Å². The maximum absolute atomic E-state index is 13.8. The van der Waals surface area contributed by atoms with Crippen LogP contribution in [0.5, 0.6) is 5.75 Å². The van der Waals surface area contributed by atoms with Crippen LogP contribution in [0.2, 0.25) is 5.02 Å². The lowest BCUT2D eigenvalue weighted by Gasteiger charge is -2.54. The lowest BCUT2D eigenvalue weighted by molar-refractivity contribution is -0.183. The Bertz CT molecular complexity index is 1240. The molecule has 35 heavy (non-hydrogen) atoms. The SMILES string of the molecule is CC1(C)Oc2ccc(Cl)cc2[C@@H]2O[C@@H]3CCCN(C(=O)c4cccc(Cn5ccnc5)c4)[C@@H]3C[C@H]21. The van der Waals surface area contributed by atoms with Crippen molar-refractivity contribution in [3.8, 4) is 5.75 Å². The summed E-state index contributed by atoms with van der Waals surface area (Å²) in [7, 11) is 0. The second kappa shape index (κ2) is 8.68. The van der Waals surface area contributed by atoms with Crippen molar-refractivity contribution in [2.24, 2.45) is 5.92 Å². The zero-order chi connectivity index (χ0) is 24.2. The van der Waals surface area contributed by atoms with Gasteiger partial charge in [0.2, 0.25) is 0 Å². The average molecular weight is 492 g/mol. The summed E-state index contributed by atoms with van der Waals surface area (Å²) in [6, 6.07) is 13.7. The van der Waals surface area contributed by atoms with E-state index in [9.17, 15) is 4.79 Å². The van der Waals surface area contributed by atoms with E-state index in [0.717, 1.165) is 48.2 Å². The number of aromatic nitrogens is 2. The summed E-state index contributed by atoms with van der Waals surface area (Å²) < 4.78 is 15.2. The fourth-order valence-electron chi connectivity index (χ4n) is 6.07. The van der Waals surface area contributed by atoms with Gasteiger partial charge in [0.15, 0.2) is 0 Å². The van der Waals surface area contributed by atoms with E-state index in [1.165, 1.54) is 0 Å². The molecule has 2 aromatic carbocycles. The molecule has 0 spiro atoms. The normalized spacial score (nSPS) is 26.8. The molecule has 0 N–H and O–H groups in total. The lowest BCUT2D eigenvalue weighted by Crippen LogP contribution is -2.60. The van der Waals surface area contributed by atoms with Crippen molar-refractivity contribution in [1.82, 2.24) is 14.5 Å². The molecule has 7 heteroatoms. The first kappa shape index (κ1) is 22.6. The largest absolute Gasteiger partial charge is 0.487 e. The first-order chi connectivity index (χ1) is 16.9. The van der Waals surface area contributed by atoms with Gasteiger partial charge in [-0.3, -0.25) is 4.79 Å². The van der Waals surface area contributed by atoms with Crippen LogP contribution >= 0.6 is 11.6 Å². The van der Waals surface area contributed by atoms with Crippen LogP contribution in [0.15, 0.2) is 61.2 Å². The molecule has 6 rings (SSSR count). The Balaban J connectivity index is 1.27. The summed E-state index contributed by atoms with van der Waals surface area (Å²) >= 11 is 6.34. The van der Waals surface area contributed by atoms with Gasteiger partial charge in [0, 0.05) is 47.6 Å². The molecular formula is C28H30ClN3O3. The number of imidazole rings is 1. The number of carbonyl (C=O) groups is 1. The maximum atomic E-state index is 13.8. The smallest absolute Gasteiger partial charge is 0.254 e. The molecule has 182 valence electrons. The van der Waals surface area contributed by atoms with E-state index in [2.05, 4.69) is 24.9 Å². The topological polar surface area (TPSA) is 56.6 Å². The van der Waals surface area contributed by atoms with Gasteiger partial charge >= 0.3 is 0 Å². The van der Waals surface area contributed by atoms with E-state index in [-0.39, 0.29) is 30.1 Å². The van der Waals surface area contributed by atoms with Crippen molar-refractivity contribution < 1.29 is 14.3 Å². The van der Waals surface area contributed by atoms with Crippen LogP contribution in [0.1, 0.15) is 60.7 Å². The van der Waals surface area contributed by atoms with Crippen LogP contribution in [-0.4, -0.2) is 44.6 Å². The Morgan fingerprint density at radius 1 is 1.23 bits per heavy atom. The number of hydrogen-bond acceptors (Lipinski definition) is 4. The minimum absolute atomic E-state index is 0.00353. The summed E-state index contributed by atoms with van der Waals surface area (Å²) in [6.45, 7) is 5.69. The van der Waals surface area contributed by atoms with Crippen LogP contribution < -0.4 is 4.74 Å². The van der Waals surface area contributed by atoms with Gasteiger partial charge in [0.25, 0.3) is 5.91 Å². The van der Waals surface area contributed by atoms with Crippen LogP contribution in [-0.2, 0) is 11.3 Å². The molecule has 4 atom stereocenters. The number of fused-ring (bicyclic) bond motifs is 4. The van der Waals surface area contributed by atoms with E-state index in [1.807, 2.05) is 52.1 Å². The van der Waals surface area contributed by atoms with Gasteiger partial charge in [-0.2, -0.15) is 0 Å². The standard InChI is InChI=1S/C28H30ClN3O3/c1-28(2)22-15-23-25(34-26(22)21-14-20(29)8-9-24(21)35-28)7-4-11-32(23)27(33)19-6-3-5-18(13-19)16-31-12-10-30-17-31/h3,5-6,8-10,12-14,17,22-23,25-26H,4,7,11,15-16H2,1-2H3/t22-,23-,25-,26+/m1/s1. The zero-order valence-electron chi connectivity index (χ0n) is 20.1. The predicted octanol–water partition coefficient (Wildman–Crippen LogP) is 5.51. The van der Waals surface area contributed by atoms with Gasteiger partial charge < -0.3 is 18.9 Å². The molecule has 3 aliphatic heterocycles. The number of ether oxygens (including phenoxy) is 2. The number of hydrogen-bond donors (Lipinski definition) is 0. The number of benzene rings is 2. The van der Waals surface area contributed by atoms with Crippen LogP contribution in [0.25, 0.3) is 0 Å². The molecule has 3 aliphatic rings. The zero-order valence-corrected chi connectivity index (χ0v) is 20.8. The molecule has 2 fully saturated rings. The fraction of sp³-hybridized carbons (Fsp3) is 0.429. The monoisotopic (exact) mass is 491 g/mol. The second-order valence-electron chi connectivity index (χ2n) is 10.5. The first-order valence-electron chi connectivity index (χ1n) is 12.4. The predicted molar refractivity (Wildman–Crippen MR) is 134 cm³/mol. The third kappa shape index (κ3) is 4.13. The Morgan fingerprint density at radius 2 is 2.11 bits per heavy atom. The van der Waals surface area contributed by atoms with E-state index < -0.39 is 5.60 Å². The van der Waals surface area contributed by atoms with Crippen molar-refractivity contribution in [2.45, 2.75) is 63.5 Å². The van der Waals surface area contributed by atoms with Crippen molar-refractivity contribution in [3.63, 3.8) is 0 Å². The number of likely N-dealkylation sites (tertiary alicyclic amines) is 1. The van der Waals surface area contributed by atoms with E-state index in [4.69, 9.17) is 21.1 Å². The summed E-state index contributed by atoms with van der Waals surface area (Å²) in [5.41, 5.74) is 2.42. The molecule has 0 unspecified atom stereocenters. The highest BCUT2D eigenvalue weighted by atomic mass is 35.5. The average Bonchev–Trinajstić information content (AvgIpc) is 3.36. The number of rotatable bonds is 3. The van der Waals surface area contributed by atoms with E-state index >= 15 is 0 Å². The molecule has 6 nitrogen and oxygen atoms in total. The van der Waals surface area contributed by atoms with Gasteiger partial charge in [-0.1, -0.05) is 23.7 Å². The summed E-state index contributed by atoms with van der Waals surface area (Å²) in [5, 5.41) is 0.688. The highest BCUT2D eigenvalue weighted by Gasteiger charge is 2.52. The molecule has 0 aliphatic carbocycles. The fourth-order valence-corrected chi connectivity index (χ4v) is 6.25. The molecular weight excluding hydrogens is 462 g/mol. The number of halogens is 1. The number of amides is 1. The van der Waals surface area contributed by atoms with Crippen molar-refractivity contribution in [3.05, 3.63) is 82.9 Å². The van der Waals surface area contributed by atoms with Gasteiger partial charge in [0.05, 0.1) is 24.6 Å². The molecule has 0 bridgehead atoms. The molecule has 1 amide bonds. The van der Waals surface area contributed by atoms with E-state index in [0.29, 0.717) is 11.6 Å². The van der Waals surface area contributed by atoms with Gasteiger partial charge in [-0.15, -0.1) is 0 Å². The molecule has 2 saturated heterocycles. The third-order valence-corrected chi connectivity index (χ3v) is 8.04. The highest BCUT2D eigenvalue weighted by Crippen LogP contribution is 2.52. The number of nitrogens with zero attached hydrogens (tertiary/aromatic N) is 3. The molecule has 3 aromatic rings. The third-order valence-electron chi connectivity index (χ3n) is 7.80. The Morgan fingerprint density at radius 3 is 2.94 bits per heavy atom. The molecule has 0 saturated carbocycles. The van der Waals surface area contributed by atoms with Crippen LogP contribution in [0.4, 0.5) is 0 Å². The second-order valence-corrected chi connectivity index (χ2v) is 10.9. The maximum Gasteiger partial charge on any atom is 0.254 e. The Kier molecular flexibility index (Phi) is 5.61. The van der Waals surface area contributed by atoms with Crippen molar-refractivity contribution in [1.29, 1.82) is 0 Å². The minimum atomic E-state index is -0.409. The van der Waals surface area contributed by atoms with Crippen LogP contribution in [0, 0.1) is 5.92 Å². The van der Waals surface area contributed by atoms with Gasteiger partial charge in [0.1, 0.15) is 11.4 Å². The summed E-state index contributed by atoms with van der Waals surface area (Å²) in [5.74, 6) is 1.04. The number of carbonyl (C=O) groups excluding carboxylic acids is 1. The quantitative estimate of drug-likeness (QED) is 0.485. The minimum Gasteiger partial charge on any atom is -0.487 e. The summed E-state index contributed by atoms with van der Waals surface area (Å²) in [6.07, 6.45) is 8.14. The molecule has 1 aromatic heterocycles. The van der Waals surface area contributed by atoms with Crippen LogP contribution in [0.3, 0.4) is 0 Å². The summed E-state index contributed by atoms with van der Waals surface area (Å²) in [4.78, 5) is 19.9. The number of piperidine rings is 1.